The van der Waals surface area contributed by atoms with Gasteiger partial charge in [0.25, 0.3) is 0 Å². The third kappa shape index (κ3) is 4.95. The van der Waals surface area contributed by atoms with Crippen molar-refractivity contribution in [2.75, 3.05) is 17.2 Å². The predicted octanol–water partition coefficient (Wildman–Crippen LogP) is 3.75. The lowest BCUT2D eigenvalue weighted by Gasteiger charge is -2.11. The molecule has 2 rings (SSSR count). The standard InChI is InChI=1S/C17H14Cl2N2O4/c1-2-25-17(24)11-5-3-4-6-13(11)20-15(22)16(23)21-14-8-7-10(18)9-12(14)19/h3-9H,2H2,1H3,(H,20,22)(H,21,23). The molecule has 2 aromatic rings. The highest BCUT2D eigenvalue weighted by Gasteiger charge is 2.19. The molecule has 0 aromatic heterocycles. The van der Waals surface area contributed by atoms with Crippen LogP contribution in [-0.2, 0) is 14.3 Å². The van der Waals surface area contributed by atoms with Crippen LogP contribution in [0.2, 0.25) is 10.0 Å². The first-order valence-electron chi connectivity index (χ1n) is 7.26. The third-order valence-electron chi connectivity index (χ3n) is 3.06. The Labute approximate surface area is 154 Å². The molecule has 0 aliphatic rings. The van der Waals surface area contributed by atoms with Gasteiger partial charge in [-0.1, -0.05) is 35.3 Å². The number of esters is 1. The summed E-state index contributed by atoms with van der Waals surface area (Å²) in [6, 6.07) is 10.7. The van der Waals surface area contributed by atoms with Gasteiger partial charge < -0.3 is 15.4 Å². The summed E-state index contributed by atoms with van der Waals surface area (Å²) in [5.74, 6) is -2.50. The van der Waals surface area contributed by atoms with Crippen LogP contribution in [0.15, 0.2) is 42.5 Å². The summed E-state index contributed by atoms with van der Waals surface area (Å²) >= 11 is 11.7. The molecular weight excluding hydrogens is 367 g/mol. The van der Waals surface area contributed by atoms with E-state index >= 15 is 0 Å². The summed E-state index contributed by atoms with van der Waals surface area (Å²) in [5, 5.41) is 5.35. The quantitative estimate of drug-likeness (QED) is 0.624. The maximum Gasteiger partial charge on any atom is 0.340 e. The van der Waals surface area contributed by atoms with Crippen molar-refractivity contribution in [1.29, 1.82) is 0 Å². The van der Waals surface area contributed by atoms with Crippen molar-refractivity contribution in [1.82, 2.24) is 0 Å². The van der Waals surface area contributed by atoms with E-state index in [9.17, 15) is 14.4 Å². The fourth-order valence-electron chi connectivity index (χ4n) is 1.93. The second-order valence-electron chi connectivity index (χ2n) is 4.80. The van der Waals surface area contributed by atoms with Crippen LogP contribution in [0, 0.1) is 0 Å². The maximum atomic E-state index is 12.1. The molecule has 0 radical (unpaired) electrons. The molecule has 0 fully saturated rings. The molecule has 0 aliphatic carbocycles. The van der Waals surface area contributed by atoms with Crippen molar-refractivity contribution in [2.24, 2.45) is 0 Å². The van der Waals surface area contributed by atoms with E-state index in [1.165, 1.54) is 30.3 Å². The summed E-state index contributed by atoms with van der Waals surface area (Å²) in [6.07, 6.45) is 0. The number of para-hydroxylation sites is 1. The number of halogens is 2. The Morgan fingerprint density at radius 2 is 1.60 bits per heavy atom. The highest BCUT2D eigenvalue weighted by Crippen LogP contribution is 2.25. The van der Waals surface area contributed by atoms with Crippen LogP contribution in [0.3, 0.4) is 0 Å². The zero-order valence-electron chi connectivity index (χ0n) is 13.1. The van der Waals surface area contributed by atoms with E-state index in [0.29, 0.717) is 5.02 Å². The average Bonchev–Trinajstić information content (AvgIpc) is 2.58. The Balaban J connectivity index is 2.11. The van der Waals surface area contributed by atoms with E-state index in [1.807, 2.05) is 0 Å². The van der Waals surface area contributed by atoms with Crippen LogP contribution in [0.25, 0.3) is 0 Å². The van der Waals surface area contributed by atoms with E-state index in [0.717, 1.165) is 0 Å². The van der Waals surface area contributed by atoms with Crippen LogP contribution in [-0.4, -0.2) is 24.4 Å². The molecule has 0 unspecified atom stereocenters. The fraction of sp³-hybridized carbons (Fsp3) is 0.118. The molecule has 2 N–H and O–H groups in total. The molecule has 130 valence electrons. The van der Waals surface area contributed by atoms with Crippen LogP contribution < -0.4 is 10.6 Å². The summed E-state index contributed by atoms with van der Waals surface area (Å²) in [6.45, 7) is 1.86. The first-order chi connectivity index (χ1) is 11.9. The van der Waals surface area contributed by atoms with Crippen LogP contribution in [0.5, 0.6) is 0 Å². The van der Waals surface area contributed by atoms with Gasteiger partial charge in [0, 0.05) is 5.02 Å². The van der Waals surface area contributed by atoms with Crippen LogP contribution in [0.1, 0.15) is 17.3 Å². The molecule has 0 bridgehead atoms. The van der Waals surface area contributed by atoms with Gasteiger partial charge in [-0.15, -0.1) is 0 Å². The average molecular weight is 381 g/mol. The van der Waals surface area contributed by atoms with Gasteiger partial charge in [0.2, 0.25) is 0 Å². The van der Waals surface area contributed by atoms with Crippen molar-refractivity contribution < 1.29 is 19.1 Å². The second-order valence-corrected chi connectivity index (χ2v) is 5.64. The molecular formula is C17H14Cl2N2O4. The molecule has 0 saturated heterocycles. The Morgan fingerprint density at radius 3 is 2.24 bits per heavy atom. The van der Waals surface area contributed by atoms with Crippen molar-refractivity contribution in [2.45, 2.75) is 6.92 Å². The van der Waals surface area contributed by atoms with E-state index in [2.05, 4.69) is 10.6 Å². The number of rotatable bonds is 4. The minimum Gasteiger partial charge on any atom is -0.462 e. The highest BCUT2D eigenvalue weighted by molar-refractivity contribution is 6.45. The molecule has 0 aliphatic heterocycles. The Kier molecular flexibility index (Phi) is 6.38. The minimum atomic E-state index is -0.956. The lowest BCUT2D eigenvalue weighted by Crippen LogP contribution is -2.29. The molecule has 8 heteroatoms. The second kappa shape index (κ2) is 8.50. The number of carbonyl (C=O) groups is 3. The summed E-state index contributed by atoms with van der Waals surface area (Å²) in [4.78, 5) is 36.0. The Hall–Kier alpha value is -2.57. The van der Waals surface area contributed by atoms with E-state index in [1.54, 1.807) is 19.1 Å². The van der Waals surface area contributed by atoms with Crippen molar-refractivity contribution >= 4 is 52.4 Å². The van der Waals surface area contributed by atoms with Gasteiger partial charge in [0.1, 0.15) is 0 Å². The van der Waals surface area contributed by atoms with Crippen molar-refractivity contribution in [3.8, 4) is 0 Å². The van der Waals surface area contributed by atoms with Gasteiger partial charge >= 0.3 is 17.8 Å². The molecule has 25 heavy (non-hydrogen) atoms. The monoisotopic (exact) mass is 380 g/mol. The topological polar surface area (TPSA) is 84.5 Å². The first-order valence-corrected chi connectivity index (χ1v) is 8.01. The number of carbonyl (C=O) groups excluding carboxylic acids is 3. The molecule has 2 amide bonds. The molecule has 0 heterocycles. The SMILES string of the molecule is CCOC(=O)c1ccccc1NC(=O)C(=O)Nc1ccc(Cl)cc1Cl. The maximum absolute atomic E-state index is 12.1. The lowest BCUT2D eigenvalue weighted by molar-refractivity contribution is -0.133. The van der Waals surface area contributed by atoms with Crippen molar-refractivity contribution in [3.05, 3.63) is 58.1 Å². The number of benzene rings is 2. The summed E-state index contributed by atoms with van der Waals surface area (Å²) in [7, 11) is 0. The van der Waals surface area contributed by atoms with E-state index in [4.69, 9.17) is 27.9 Å². The summed E-state index contributed by atoms with van der Waals surface area (Å²) < 4.78 is 4.91. The van der Waals surface area contributed by atoms with E-state index < -0.39 is 17.8 Å². The molecule has 2 aromatic carbocycles. The number of ether oxygens (including phenoxy) is 1. The van der Waals surface area contributed by atoms with E-state index in [-0.39, 0.29) is 28.6 Å². The zero-order valence-corrected chi connectivity index (χ0v) is 14.6. The first kappa shape index (κ1) is 18.8. The van der Waals surface area contributed by atoms with Gasteiger partial charge in [0.05, 0.1) is 28.6 Å². The van der Waals surface area contributed by atoms with Gasteiger partial charge in [-0.2, -0.15) is 0 Å². The number of hydrogen-bond acceptors (Lipinski definition) is 4. The van der Waals surface area contributed by atoms with Crippen molar-refractivity contribution in [3.63, 3.8) is 0 Å². The third-order valence-corrected chi connectivity index (χ3v) is 3.60. The number of hydrogen-bond donors (Lipinski definition) is 2. The minimum absolute atomic E-state index is 0.148. The fourth-order valence-corrected chi connectivity index (χ4v) is 2.38. The molecule has 0 spiro atoms. The highest BCUT2D eigenvalue weighted by atomic mass is 35.5. The molecule has 0 atom stereocenters. The Bertz CT molecular complexity index is 824. The van der Waals surface area contributed by atoms with Gasteiger partial charge in [-0.3, -0.25) is 9.59 Å². The normalized spacial score (nSPS) is 10.0. The zero-order chi connectivity index (χ0) is 18.4. The van der Waals surface area contributed by atoms with Crippen LogP contribution >= 0.6 is 23.2 Å². The number of nitrogens with one attached hydrogen (secondary N) is 2. The van der Waals surface area contributed by atoms with Crippen LogP contribution in [0.4, 0.5) is 11.4 Å². The smallest absolute Gasteiger partial charge is 0.340 e. The number of anilines is 2. The molecule has 0 saturated carbocycles. The van der Waals surface area contributed by atoms with Gasteiger partial charge in [-0.25, -0.2) is 4.79 Å². The predicted molar refractivity (Wildman–Crippen MR) is 96.1 cm³/mol. The Morgan fingerprint density at radius 1 is 0.960 bits per heavy atom. The van der Waals surface area contributed by atoms with Gasteiger partial charge in [0.15, 0.2) is 0 Å². The number of amides is 2. The lowest BCUT2D eigenvalue weighted by atomic mass is 10.2. The van der Waals surface area contributed by atoms with Gasteiger partial charge in [-0.05, 0) is 37.3 Å². The molecule has 6 nitrogen and oxygen atoms in total. The summed E-state index contributed by atoms with van der Waals surface area (Å²) in [5.41, 5.74) is 0.559. The largest absolute Gasteiger partial charge is 0.462 e.